The number of ketones is 1. The number of nitrogens with one attached hydrogen (secondary N) is 2. The molecular formula is C18H18N2O5. The summed E-state index contributed by atoms with van der Waals surface area (Å²) in [6.07, 6.45) is -0.782. The van der Waals surface area contributed by atoms with Crippen molar-refractivity contribution in [1.29, 1.82) is 0 Å². The topological polar surface area (TPSA) is 93.7 Å². The average molecular weight is 342 g/mol. The average Bonchev–Trinajstić information content (AvgIpc) is 2.57. The summed E-state index contributed by atoms with van der Waals surface area (Å²) in [4.78, 5) is 34.4. The number of anilines is 2. The van der Waals surface area contributed by atoms with E-state index in [0.717, 1.165) is 0 Å². The Balaban J connectivity index is 1.89. The van der Waals surface area contributed by atoms with Gasteiger partial charge in [-0.15, -0.1) is 0 Å². The van der Waals surface area contributed by atoms with Crippen LogP contribution in [0.25, 0.3) is 0 Å². The Morgan fingerprint density at radius 3 is 1.88 bits per heavy atom. The second-order valence-corrected chi connectivity index (χ2v) is 5.02. The van der Waals surface area contributed by atoms with E-state index < -0.39 is 12.2 Å². The van der Waals surface area contributed by atoms with Crippen LogP contribution in [0.3, 0.4) is 0 Å². The number of ether oxygens (including phenoxy) is 2. The van der Waals surface area contributed by atoms with Crippen LogP contribution in [0.15, 0.2) is 48.5 Å². The highest BCUT2D eigenvalue weighted by atomic mass is 16.7. The van der Waals surface area contributed by atoms with Gasteiger partial charge in [0, 0.05) is 16.9 Å². The monoisotopic (exact) mass is 342 g/mol. The van der Waals surface area contributed by atoms with Crippen LogP contribution in [0.5, 0.6) is 5.75 Å². The smallest absolute Gasteiger partial charge is 0.434 e. The lowest BCUT2D eigenvalue weighted by molar-refractivity contribution is 0.101. The molecule has 0 aliphatic rings. The molecule has 0 bridgehead atoms. The molecule has 2 amide bonds. The van der Waals surface area contributed by atoms with Crippen molar-refractivity contribution in [3.63, 3.8) is 0 Å². The van der Waals surface area contributed by atoms with Crippen LogP contribution < -0.4 is 15.4 Å². The standard InChI is InChI=1S/C18H18N2O5/c1-3-24-18(23)25-16-10-8-15(9-11-16)20-17(22)19-14-6-4-13(5-7-14)12(2)21/h4-11H,3H2,1-2H3,(H2,19,20,22). The fraction of sp³-hybridized carbons (Fsp3) is 0.167. The number of hydrogen-bond donors (Lipinski definition) is 2. The van der Waals surface area contributed by atoms with E-state index in [-0.39, 0.29) is 12.4 Å². The van der Waals surface area contributed by atoms with Gasteiger partial charge in [0.1, 0.15) is 5.75 Å². The minimum absolute atomic E-state index is 0.0406. The highest BCUT2D eigenvalue weighted by Crippen LogP contribution is 2.17. The van der Waals surface area contributed by atoms with Crippen LogP contribution in [0.4, 0.5) is 21.0 Å². The van der Waals surface area contributed by atoms with Gasteiger partial charge in [-0.1, -0.05) is 0 Å². The van der Waals surface area contributed by atoms with Gasteiger partial charge in [-0.3, -0.25) is 4.79 Å². The molecule has 0 aliphatic carbocycles. The van der Waals surface area contributed by atoms with Crippen molar-refractivity contribution in [3.05, 3.63) is 54.1 Å². The Kier molecular flexibility index (Phi) is 6.11. The summed E-state index contributed by atoms with van der Waals surface area (Å²) in [6.45, 7) is 3.39. The Hall–Kier alpha value is -3.35. The van der Waals surface area contributed by atoms with Crippen LogP contribution >= 0.6 is 0 Å². The van der Waals surface area contributed by atoms with Gasteiger partial charge in [0.25, 0.3) is 0 Å². The molecule has 2 rings (SSSR count). The maximum absolute atomic E-state index is 12.0. The molecule has 2 N–H and O–H groups in total. The Morgan fingerprint density at radius 2 is 1.40 bits per heavy atom. The molecule has 0 aromatic heterocycles. The second kappa shape index (κ2) is 8.49. The molecule has 2 aromatic rings. The predicted octanol–water partition coefficient (Wildman–Crippen LogP) is 4.07. The first kappa shape index (κ1) is 18.0. The van der Waals surface area contributed by atoms with E-state index in [1.54, 1.807) is 43.3 Å². The third-order valence-corrected chi connectivity index (χ3v) is 3.12. The number of Topliss-reactive ketones (excluding diaryl/α,β-unsaturated/α-hetero) is 1. The molecule has 0 spiro atoms. The summed E-state index contributed by atoms with van der Waals surface area (Å²) in [6, 6.07) is 12.4. The fourth-order valence-corrected chi connectivity index (χ4v) is 1.93. The molecule has 2 aromatic carbocycles. The van der Waals surface area contributed by atoms with Crippen molar-refractivity contribution in [1.82, 2.24) is 0 Å². The van der Waals surface area contributed by atoms with Crippen LogP contribution in [-0.2, 0) is 4.74 Å². The minimum Gasteiger partial charge on any atom is -0.434 e. The van der Waals surface area contributed by atoms with Gasteiger partial charge >= 0.3 is 12.2 Å². The van der Waals surface area contributed by atoms with Gasteiger partial charge in [-0.25, -0.2) is 9.59 Å². The number of carbonyl (C=O) groups excluding carboxylic acids is 3. The van der Waals surface area contributed by atoms with Crippen LogP contribution in [0, 0.1) is 0 Å². The number of urea groups is 1. The number of hydrogen-bond acceptors (Lipinski definition) is 5. The summed E-state index contributed by atoms with van der Waals surface area (Å²) in [5, 5.41) is 5.30. The van der Waals surface area contributed by atoms with Crippen molar-refractivity contribution in [3.8, 4) is 5.75 Å². The Bertz CT molecular complexity index is 754. The normalized spacial score (nSPS) is 9.84. The first-order chi connectivity index (χ1) is 12.0. The zero-order valence-electron chi connectivity index (χ0n) is 13.9. The van der Waals surface area contributed by atoms with E-state index in [4.69, 9.17) is 4.74 Å². The van der Waals surface area contributed by atoms with Crippen molar-refractivity contribution >= 4 is 29.3 Å². The van der Waals surface area contributed by atoms with Gasteiger partial charge in [0.2, 0.25) is 0 Å². The summed E-state index contributed by atoms with van der Waals surface area (Å²) in [5.41, 5.74) is 1.65. The van der Waals surface area contributed by atoms with Gasteiger partial charge in [-0.05, 0) is 62.4 Å². The summed E-state index contributed by atoms with van der Waals surface area (Å²) < 4.78 is 9.59. The van der Waals surface area contributed by atoms with Crippen LogP contribution in [-0.4, -0.2) is 24.6 Å². The first-order valence-corrected chi connectivity index (χ1v) is 7.61. The summed E-state index contributed by atoms with van der Waals surface area (Å²) in [5.74, 6) is 0.269. The van der Waals surface area contributed by atoms with E-state index in [1.807, 2.05) is 0 Å². The third kappa shape index (κ3) is 5.65. The van der Waals surface area contributed by atoms with Crippen molar-refractivity contribution in [2.45, 2.75) is 13.8 Å². The summed E-state index contributed by atoms with van der Waals surface area (Å²) in [7, 11) is 0. The highest BCUT2D eigenvalue weighted by Gasteiger charge is 2.07. The first-order valence-electron chi connectivity index (χ1n) is 7.61. The van der Waals surface area contributed by atoms with Gasteiger partial charge in [-0.2, -0.15) is 0 Å². The van der Waals surface area contributed by atoms with E-state index in [2.05, 4.69) is 15.4 Å². The number of amides is 2. The minimum atomic E-state index is -0.782. The van der Waals surface area contributed by atoms with Gasteiger partial charge < -0.3 is 20.1 Å². The lowest BCUT2D eigenvalue weighted by atomic mass is 10.1. The fourth-order valence-electron chi connectivity index (χ4n) is 1.93. The molecule has 0 saturated heterocycles. The molecule has 0 saturated carbocycles. The molecule has 7 nitrogen and oxygen atoms in total. The van der Waals surface area contributed by atoms with Crippen molar-refractivity contribution in [2.75, 3.05) is 17.2 Å². The molecule has 130 valence electrons. The van der Waals surface area contributed by atoms with Crippen molar-refractivity contribution in [2.24, 2.45) is 0 Å². The molecule has 25 heavy (non-hydrogen) atoms. The van der Waals surface area contributed by atoms with Crippen LogP contribution in [0.1, 0.15) is 24.2 Å². The highest BCUT2D eigenvalue weighted by molar-refractivity contribution is 6.00. The van der Waals surface area contributed by atoms with Crippen molar-refractivity contribution < 1.29 is 23.9 Å². The lowest BCUT2D eigenvalue weighted by Crippen LogP contribution is -2.19. The largest absolute Gasteiger partial charge is 0.513 e. The second-order valence-electron chi connectivity index (χ2n) is 5.02. The third-order valence-electron chi connectivity index (χ3n) is 3.12. The maximum atomic E-state index is 12.0. The van der Waals surface area contributed by atoms with Gasteiger partial charge in [0.15, 0.2) is 5.78 Å². The van der Waals surface area contributed by atoms with E-state index in [0.29, 0.717) is 22.7 Å². The molecule has 0 radical (unpaired) electrons. The molecular weight excluding hydrogens is 324 g/mol. The Labute approximate surface area is 144 Å². The molecule has 7 heteroatoms. The van der Waals surface area contributed by atoms with E-state index in [9.17, 15) is 14.4 Å². The summed E-state index contributed by atoms with van der Waals surface area (Å²) >= 11 is 0. The zero-order chi connectivity index (χ0) is 18.2. The van der Waals surface area contributed by atoms with E-state index >= 15 is 0 Å². The number of carbonyl (C=O) groups is 3. The Morgan fingerprint density at radius 1 is 0.880 bits per heavy atom. The molecule has 0 heterocycles. The number of benzene rings is 2. The van der Waals surface area contributed by atoms with E-state index in [1.165, 1.54) is 19.1 Å². The van der Waals surface area contributed by atoms with Gasteiger partial charge in [0.05, 0.1) is 6.61 Å². The molecule has 0 fully saturated rings. The SMILES string of the molecule is CCOC(=O)Oc1ccc(NC(=O)Nc2ccc(C(C)=O)cc2)cc1. The van der Waals surface area contributed by atoms with Crippen LogP contribution in [0.2, 0.25) is 0 Å². The molecule has 0 unspecified atom stereocenters. The molecule has 0 atom stereocenters. The maximum Gasteiger partial charge on any atom is 0.513 e. The molecule has 0 aliphatic heterocycles. The quantitative estimate of drug-likeness (QED) is 0.485. The zero-order valence-corrected chi connectivity index (χ0v) is 13.9. The number of rotatable bonds is 5. The predicted molar refractivity (Wildman–Crippen MR) is 93.2 cm³/mol. The lowest BCUT2D eigenvalue weighted by Gasteiger charge is -2.09.